The third kappa shape index (κ3) is 2.45. The van der Waals surface area contributed by atoms with Gasteiger partial charge in [0.2, 0.25) is 0 Å². The number of allylic oxidation sites excluding steroid dienone is 1. The van der Waals surface area contributed by atoms with Crippen molar-refractivity contribution < 1.29 is 5.11 Å². The zero-order chi connectivity index (χ0) is 18.7. The number of hydrogen-bond acceptors (Lipinski definition) is 3. The molecule has 3 aliphatic carbocycles. The quantitative estimate of drug-likeness (QED) is 0.817. The van der Waals surface area contributed by atoms with Gasteiger partial charge < -0.3 is 10.8 Å². The normalized spacial score (nSPS) is 42.6. The molecule has 6 atom stereocenters. The Labute approximate surface area is 157 Å². The highest BCUT2D eigenvalue weighted by atomic mass is 16.3. The maximum absolute atomic E-state index is 10.2. The number of fused-ring (bicyclic) bond motifs is 2. The Kier molecular flexibility index (Phi) is 4.35. The maximum Gasteiger partial charge on any atom is 0.0660 e. The van der Waals surface area contributed by atoms with Gasteiger partial charge in [0.25, 0.3) is 0 Å². The SMILES string of the molecule is C=C1CC[C@H]2[C@H](CN)[C@@H]([C@@]3(C)Cc4cn(C)nc4C[C@@H]3CO)CC[C@]12C. The van der Waals surface area contributed by atoms with Crippen LogP contribution in [-0.4, -0.2) is 28.0 Å². The molecule has 4 rings (SSSR count). The molecule has 0 aliphatic heterocycles. The van der Waals surface area contributed by atoms with E-state index in [0.717, 1.165) is 25.8 Å². The smallest absolute Gasteiger partial charge is 0.0660 e. The minimum absolute atomic E-state index is 0.0973. The summed E-state index contributed by atoms with van der Waals surface area (Å²) in [6.07, 6.45) is 8.94. The van der Waals surface area contributed by atoms with E-state index < -0.39 is 0 Å². The van der Waals surface area contributed by atoms with Crippen molar-refractivity contribution in [1.82, 2.24) is 9.78 Å². The standard InChI is InChI=1S/C22H35N3O/c1-14-5-6-18-17(11-23)19(7-8-21(14,18)2)22(3)10-15-12-25(4)24-20(15)9-16(22)13-26/h12,16-19,26H,1,5-11,13,23H2,2-4H3/t16-,17+,18+,19+,21-,22+/m1/s1. The molecule has 144 valence electrons. The van der Waals surface area contributed by atoms with Crippen LogP contribution in [0.4, 0.5) is 0 Å². The minimum atomic E-state index is 0.0973. The first-order chi connectivity index (χ1) is 12.3. The van der Waals surface area contributed by atoms with Crippen LogP contribution >= 0.6 is 0 Å². The Hall–Kier alpha value is -1.13. The number of aromatic nitrogens is 2. The molecule has 2 saturated carbocycles. The summed E-state index contributed by atoms with van der Waals surface area (Å²) in [6.45, 7) is 10.3. The van der Waals surface area contributed by atoms with Gasteiger partial charge in [-0.2, -0.15) is 5.10 Å². The van der Waals surface area contributed by atoms with Gasteiger partial charge in [0.15, 0.2) is 0 Å². The second kappa shape index (κ2) is 6.20. The third-order valence-corrected chi connectivity index (χ3v) is 8.67. The van der Waals surface area contributed by atoms with E-state index in [-0.39, 0.29) is 23.4 Å². The summed E-state index contributed by atoms with van der Waals surface area (Å²) in [7, 11) is 2.00. The van der Waals surface area contributed by atoms with Gasteiger partial charge >= 0.3 is 0 Å². The highest BCUT2D eigenvalue weighted by Gasteiger charge is 2.56. The number of rotatable bonds is 3. The molecule has 4 nitrogen and oxygen atoms in total. The molecular formula is C22H35N3O. The van der Waals surface area contributed by atoms with E-state index in [1.807, 2.05) is 11.7 Å². The van der Waals surface area contributed by atoms with Crippen molar-refractivity contribution in [2.75, 3.05) is 13.2 Å². The Morgan fingerprint density at radius 1 is 1.35 bits per heavy atom. The minimum Gasteiger partial charge on any atom is -0.396 e. The van der Waals surface area contributed by atoms with E-state index in [9.17, 15) is 5.11 Å². The van der Waals surface area contributed by atoms with Crippen molar-refractivity contribution in [2.45, 2.75) is 52.4 Å². The number of aliphatic hydroxyl groups excluding tert-OH is 1. The molecule has 2 fully saturated rings. The summed E-state index contributed by atoms with van der Waals surface area (Å²) >= 11 is 0. The predicted molar refractivity (Wildman–Crippen MR) is 105 cm³/mol. The second-order valence-corrected chi connectivity index (χ2v) is 9.75. The molecule has 1 aromatic rings. The maximum atomic E-state index is 10.2. The average molecular weight is 358 g/mol. The molecule has 3 aliphatic rings. The zero-order valence-corrected chi connectivity index (χ0v) is 16.7. The first-order valence-corrected chi connectivity index (χ1v) is 10.3. The van der Waals surface area contributed by atoms with Gasteiger partial charge in [0.05, 0.1) is 5.69 Å². The number of aryl methyl sites for hydroxylation is 1. The first-order valence-electron chi connectivity index (χ1n) is 10.3. The van der Waals surface area contributed by atoms with Gasteiger partial charge in [-0.05, 0) is 85.1 Å². The van der Waals surface area contributed by atoms with E-state index in [4.69, 9.17) is 5.73 Å². The summed E-state index contributed by atoms with van der Waals surface area (Å²) in [6, 6.07) is 0. The fourth-order valence-electron chi connectivity index (χ4n) is 6.97. The Morgan fingerprint density at radius 3 is 2.81 bits per heavy atom. The van der Waals surface area contributed by atoms with Crippen molar-refractivity contribution in [3.63, 3.8) is 0 Å². The molecule has 0 bridgehead atoms. The Bertz CT molecular complexity index is 710. The second-order valence-electron chi connectivity index (χ2n) is 9.75. The fourth-order valence-corrected chi connectivity index (χ4v) is 6.97. The van der Waals surface area contributed by atoms with E-state index in [2.05, 4.69) is 31.7 Å². The highest BCUT2D eigenvalue weighted by Crippen LogP contribution is 2.62. The number of aliphatic hydroxyl groups is 1. The van der Waals surface area contributed by atoms with Crippen LogP contribution in [0.25, 0.3) is 0 Å². The average Bonchev–Trinajstić information content (AvgIpc) is 3.11. The van der Waals surface area contributed by atoms with E-state index >= 15 is 0 Å². The predicted octanol–water partition coefficient (Wildman–Crippen LogP) is 3.09. The monoisotopic (exact) mass is 357 g/mol. The van der Waals surface area contributed by atoms with Crippen molar-refractivity contribution in [3.8, 4) is 0 Å². The molecule has 0 spiro atoms. The largest absolute Gasteiger partial charge is 0.396 e. The summed E-state index contributed by atoms with van der Waals surface area (Å²) in [5, 5.41) is 14.9. The van der Waals surface area contributed by atoms with E-state index in [1.54, 1.807) is 0 Å². The van der Waals surface area contributed by atoms with Gasteiger partial charge in [0.1, 0.15) is 0 Å². The molecule has 0 radical (unpaired) electrons. The lowest BCUT2D eigenvalue weighted by molar-refractivity contribution is -0.0536. The van der Waals surface area contributed by atoms with Crippen LogP contribution in [0.15, 0.2) is 18.3 Å². The van der Waals surface area contributed by atoms with Crippen LogP contribution in [-0.2, 0) is 19.9 Å². The van der Waals surface area contributed by atoms with E-state index in [1.165, 1.54) is 36.1 Å². The fraction of sp³-hybridized carbons (Fsp3) is 0.773. The van der Waals surface area contributed by atoms with Crippen LogP contribution in [0, 0.1) is 34.5 Å². The van der Waals surface area contributed by atoms with Crippen molar-refractivity contribution >= 4 is 0 Å². The van der Waals surface area contributed by atoms with Crippen molar-refractivity contribution in [1.29, 1.82) is 0 Å². The summed E-state index contributed by atoms with van der Waals surface area (Å²) < 4.78 is 1.93. The lowest BCUT2D eigenvalue weighted by Gasteiger charge is -2.55. The van der Waals surface area contributed by atoms with Crippen LogP contribution in [0.1, 0.15) is 50.8 Å². The molecule has 4 heteroatoms. The summed E-state index contributed by atoms with van der Waals surface area (Å²) in [5.74, 6) is 2.04. The Balaban J connectivity index is 1.70. The summed E-state index contributed by atoms with van der Waals surface area (Å²) in [4.78, 5) is 0. The van der Waals surface area contributed by atoms with Crippen molar-refractivity contribution in [3.05, 3.63) is 29.6 Å². The van der Waals surface area contributed by atoms with Gasteiger partial charge in [-0.15, -0.1) is 0 Å². The first kappa shape index (κ1) is 18.2. The molecule has 1 aromatic heterocycles. The van der Waals surface area contributed by atoms with E-state index in [0.29, 0.717) is 17.8 Å². The van der Waals surface area contributed by atoms with Gasteiger partial charge in [-0.1, -0.05) is 26.0 Å². The number of nitrogens with two attached hydrogens (primary N) is 1. The summed E-state index contributed by atoms with van der Waals surface area (Å²) in [5.41, 5.74) is 10.8. The van der Waals surface area contributed by atoms with Crippen LogP contribution < -0.4 is 5.73 Å². The lowest BCUT2D eigenvalue weighted by atomic mass is 9.49. The van der Waals surface area contributed by atoms with Crippen LogP contribution in [0.2, 0.25) is 0 Å². The molecule has 0 saturated heterocycles. The van der Waals surface area contributed by atoms with Crippen LogP contribution in [0.3, 0.4) is 0 Å². The van der Waals surface area contributed by atoms with Gasteiger partial charge in [0, 0.05) is 19.9 Å². The molecule has 0 amide bonds. The number of hydrogen-bond donors (Lipinski definition) is 2. The molecule has 1 heterocycles. The molecule has 0 aromatic carbocycles. The van der Waals surface area contributed by atoms with Gasteiger partial charge in [-0.25, -0.2) is 0 Å². The topological polar surface area (TPSA) is 64.1 Å². The highest BCUT2D eigenvalue weighted by molar-refractivity contribution is 5.26. The molecular weight excluding hydrogens is 322 g/mol. The number of nitrogens with zero attached hydrogens (tertiary/aromatic N) is 2. The van der Waals surface area contributed by atoms with Crippen molar-refractivity contribution in [2.24, 2.45) is 47.3 Å². The third-order valence-electron chi connectivity index (χ3n) is 8.67. The zero-order valence-electron chi connectivity index (χ0n) is 16.7. The Morgan fingerprint density at radius 2 is 2.12 bits per heavy atom. The molecule has 0 unspecified atom stereocenters. The van der Waals surface area contributed by atoms with Crippen LogP contribution in [0.5, 0.6) is 0 Å². The lowest BCUT2D eigenvalue weighted by Crippen LogP contribution is -2.53. The molecule has 26 heavy (non-hydrogen) atoms. The molecule has 3 N–H and O–H groups in total. The van der Waals surface area contributed by atoms with Gasteiger partial charge in [-0.3, -0.25) is 4.68 Å².